The molecule has 0 aliphatic heterocycles. The number of aryl methyl sites for hydroxylation is 2. The van der Waals surface area contributed by atoms with Crippen LogP contribution in [0.1, 0.15) is 11.1 Å². The second kappa shape index (κ2) is 7.91. The van der Waals surface area contributed by atoms with E-state index in [-0.39, 0.29) is 0 Å². The predicted molar refractivity (Wildman–Crippen MR) is 130 cm³/mol. The Morgan fingerprint density at radius 1 is 0.552 bits per heavy atom. The van der Waals surface area contributed by atoms with E-state index in [9.17, 15) is 0 Å². The number of benzene rings is 4. The zero-order valence-corrected chi connectivity index (χ0v) is 18.8. The molecule has 0 aliphatic rings. The topological polar surface area (TPSA) is 0 Å². The molecule has 0 unspecified atom stereocenters. The minimum Gasteiger partial charge on any atom is -0.135 e. The van der Waals surface area contributed by atoms with Crippen molar-refractivity contribution in [2.75, 3.05) is 0 Å². The fourth-order valence-electron chi connectivity index (χ4n) is 3.59. The summed E-state index contributed by atoms with van der Waals surface area (Å²) in [6, 6.07) is 30.9. The maximum absolute atomic E-state index is 2.26. The zero-order valence-electron chi connectivity index (χ0n) is 16.3. The van der Waals surface area contributed by atoms with Gasteiger partial charge in [-0.05, 0) is 62.4 Å². The van der Waals surface area contributed by atoms with Gasteiger partial charge in [0, 0.05) is 39.8 Å². The van der Waals surface area contributed by atoms with Gasteiger partial charge < -0.3 is 0 Å². The summed E-state index contributed by atoms with van der Waals surface area (Å²) < 4.78 is 2.71. The fourth-order valence-corrected chi connectivity index (χ4v) is 7.08. The fraction of sp³-hybridized carbons (Fsp3) is 0.0769. The summed E-state index contributed by atoms with van der Waals surface area (Å²) in [5.74, 6) is 0. The molecule has 0 atom stereocenters. The molecule has 1 aromatic heterocycles. The molecule has 5 rings (SSSR count). The Morgan fingerprint density at radius 2 is 1.00 bits per heavy atom. The van der Waals surface area contributed by atoms with Gasteiger partial charge in [0.15, 0.2) is 0 Å². The van der Waals surface area contributed by atoms with Crippen LogP contribution in [0.25, 0.3) is 20.2 Å². The van der Waals surface area contributed by atoms with Crippen LogP contribution in [0.2, 0.25) is 0 Å². The molecule has 0 radical (unpaired) electrons. The van der Waals surface area contributed by atoms with E-state index in [1.807, 2.05) is 34.9 Å². The Bertz CT molecular complexity index is 1230. The van der Waals surface area contributed by atoms with Crippen molar-refractivity contribution in [2.24, 2.45) is 0 Å². The van der Waals surface area contributed by atoms with E-state index in [4.69, 9.17) is 0 Å². The molecular weight excluding hydrogens is 408 g/mol. The lowest BCUT2D eigenvalue weighted by atomic mass is 10.1. The van der Waals surface area contributed by atoms with Gasteiger partial charge in [-0.15, -0.1) is 11.3 Å². The minimum absolute atomic E-state index is 1.29. The van der Waals surface area contributed by atoms with Crippen molar-refractivity contribution in [3.63, 3.8) is 0 Å². The lowest BCUT2D eigenvalue weighted by Crippen LogP contribution is -1.80. The predicted octanol–water partition coefficient (Wildman–Crippen LogP) is 8.97. The van der Waals surface area contributed by atoms with Crippen LogP contribution in [0.15, 0.2) is 105 Å². The highest BCUT2D eigenvalue weighted by Gasteiger charge is 2.14. The summed E-state index contributed by atoms with van der Waals surface area (Å²) in [6.07, 6.45) is 0. The largest absolute Gasteiger partial charge is 0.135 e. The second-order valence-electron chi connectivity index (χ2n) is 7.20. The van der Waals surface area contributed by atoms with Gasteiger partial charge in [-0.25, -0.2) is 0 Å². The molecule has 1 heterocycles. The lowest BCUT2D eigenvalue weighted by Gasteiger charge is -2.08. The number of rotatable bonds is 4. The highest BCUT2D eigenvalue weighted by molar-refractivity contribution is 8.00. The molecular formula is C26H20S3. The summed E-state index contributed by atoms with van der Waals surface area (Å²) in [5, 5.41) is 2.77. The molecule has 0 spiro atoms. The van der Waals surface area contributed by atoms with Gasteiger partial charge in [0.05, 0.1) is 0 Å². The molecule has 3 heteroatoms. The van der Waals surface area contributed by atoms with Crippen LogP contribution in [-0.2, 0) is 0 Å². The van der Waals surface area contributed by atoms with Gasteiger partial charge in [0.25, 0.3) is 0 Å². The Balaban J connectivity index is 1.67. The summed E-state index contributed by atoms with van der Waals surface area (Å²) >= 11 is 5.62. The summed E-state index contributed by atoms with van der Waals surface area (Å²) in [4.78, 5) is 5.25. The van der Waals surface area contributed by atoms with Crippen LogP contribution in [0.5, 0.6) is 0 Å². The molecule has 0 bridgehead atoms. The highest BCUT2D eigenvalue weighted by Crippen LogP contribution is 2.46. The van der Waals surface area contributed by atoms with Crippen molar-refractivity contribution in [3.05, 3.63) is 96.1 Å². The first-order chi connectivity index (χ1) is 14.2. The first kappa shape index (κ1) is 18.8. The van der Waals surface area contributed by atoms with Gasteiger partial charge in [0.1, 0.15) is 0 Å². The Morgan fingerprint density at radius 3 is 1.45 bits per heavy atom. The third kappa shape index (κ3) is 3.83. The third-order valence-corrected chi connectivity index (χ3v) is 8.10. The van der Waals surface area contributed by atoms with Crippen molar-refractivity contribution in [3.8, 4) is 0 Å². The van der Waals surface area contributed by atoms with Crippen molar-refractivity contribution in [1.29, 1.82) is 0 Å². The minimum atomic E-state index is 1.29. The van der Waals surface area contributed by atoms with Crippen LogP contribution in [0.3, 0.4) is 0 Å². The number of fused-ring (bicyclic) bond motifs is 3. The molecule has 4 aromatic carbocycles. The van der Waals surface area contributed by atoms with Crippen LogP contribution >= 0.6 is 34.9 Å². The number of hydrogen-bond donors (Lipinski definition) is 0. The van der Waals surface area contributed by atoms with E-state index in [1.165, 1.54) is 50.9 Å². The molecule has 29 heavy (non-hydrogen) atoms. The average molecular weight is 429 g/mol. The molecule has 0 saturated heterocycles. The summed E-state index contributed by atoms with van der Waals surface area (Å²) in [6.45, 7) is 4.31. The SMILES string of the molecule is Cc1cccc(Sc2cccc3sc4cccc(Sc5cccc(C)c5)c4c23)c1. The van der Waals surface area contributed by atoms with Crippen LogP contribution in [0, 0.1) is 13.8 Å². The quantitative estimate of drug-likeness (QED) is 0.280. The molecule has 0 fully saturated rings. The Kier molecular flexibility index (Phi) is 5.13. The van der Waals surface area contributed by atoms with Gasteiger partial charge >= 0.3 is 0 Å². The maximum atomic E-state index is 2.26. The molecule has 5 aromatic rings. The van der Waals surface area contributed by atoms with Gasteiger partial charge in [-0.3, -0.25) is 0 Å². The Labute approximate surface area is 184 Å². The van der Waals surface area contributed by atoms with Crippen molar-refractivity contribution in [1.82, 2.24) is 0 Å². The highest BCUT2D eigenvalue weighted by atomic mass is 32.2. The molecule has 0 N–H and O–H groups in total. The van der Waals surface area contributed by atoms with E-state index >= 15 is 0 Å². The molecule has 0 aliphatic carbocycles. The summed E-state index contributed by atoms with van der Waals surface area (Å²) in [5.41, 5.74) is 2.60. The first-order valence-electron chi connectivity index (χ1n) is 9.61. The van der Waals surface area contributed by atoms with E-state index in [1.54, 1.807) is 0 Å². The van der Waals surface area contributed by atoms with Crippen molar-refractivity contribution >= 4 is 55.0 Å². The van der Waals surface area contributed by atoms with Crippen LogP contribution in [0.4, 0.5) is 0 Å². The molecule has 142 valence electrons. The van der Waals surface area contributed by atoms with Crippen molar-refractivity contribution in [2.45, 2.75) is 33.4 Å². The third-order valence-electron chi connectivity index (χ3n) is 4.88. The van der Waals surface area contributed by atoms with Gasteiger partial charge in [0.2, 0.25) is 0 Å². The molecule has 0 amide bonds. The van der Waals surface area contributed by atoms with Crippen molar-refractivity contribution < 1.29 is 0 Å². The first-order valence-corrected chi connectivity index (χ1v) is 12.1. The molecule has 0 saturated carbocycles. The molecule has 0 nitrogen and oxygen atoms in total. The van der Waals surface area contributed by atoms with E-state index in [2.05, 4.69) is 98.8 Å². The zero-order chi connectivity index (χ0) is 19.8. The maximum Gasteiger partial charge on any atom is 0.0367 e. The van der Waals surface area contributed by atoms with Crippen LogP contribution in [-0.4, -0.2) is 0 Å². The average Bonchev–Trinajstić information content (AvgIpc) is 3.09. The Hall–Kier alpha value is -2.20. The van der Waals surface area contributed by atoms with Gasteiger partial charge in [-0.2, -0.15) is 0 Å². The monoisotopic (exact) mass is 428 g/mol. The second-order valence-corrected chi connectivity index (χ2v) is 10.5. The standard InChI is InChI=1S/C26H20S3/c1-17-7-3-9-19(15-17)27-21-11-5-13-23-25(21)26-22(12-6-14-24(26)29-23)28-20-10-4-8-18(2)16-20/h3-16H,1-2H3. The summed E-state index contributed by atoms with van der Waals surface area (Å²) in [7, 11) is 0. The van der Waals surface area contributed by atoms with Gasteiger partial charge in [-0.1, -0.05) is 71.0 Å². The van der Waals surface area contributed by atoms with E-state index < -0.39 is 0 Å². The smallest absolute Gasteiger partial charge is 0.0367 e. The number of thiophene rings is 1. The normalized spacial score (nSPS) is 11.4. The number of hydrogen-bond acceptors (Lipinski definition) is 3. The lowest BCUT2D eigenvalue weighted by molar-refractivity contribution is 1.35. The van der Waals surface area contributed by atoms with E-state index in [0.717, 1.165) is 0 Å². The van der Waals surface area contributed by atoms with E-state index in [0.29, 0.717) is 0 Å². The van der Waals surface area contributed by atoms with Crippen LogP contribution < -0.4 is 0 Å².